The van der Waals surface area contributed by atoms with Crippen molar-refractivity contribution in [3.05, 3.63) is 157 Å². The van der Waals surface area contributed by atoms with Gasteiger partial charge in [-0.15, -0.1) is 106 Å². The van der Waals surface area contributed by atoms with E-state index in [1.807, 2.05) is 12.2 Å². The van der Waals surface area contributed by atoms with Gasteiger partial charge >= 0.3 is 56.9 Å². The Kier molecular flexibility index (Phi) is 20.0. The average molecular weight is 770 g/mol. The van der Waals surface area contributed by atoms with Crippen LogP contribution in [0.1, 0.15) is 26.7 Å². The summed E-state index contributed by atoms with van der Waals surface area (Å²) in [5.74, 6) is 0. The predicted octanol–water partition coefficient (Wildman–Crippen LogP) is 4.75. The van der Waals surface area contributed by atoms with Crippen molar-refractivity contribution in [3.63, 3.8) is 0 Å². The van der Waals surface area contributed by atoms with Crippen LogP contribution < -0.4 is 24.8 Å². The minimum atomic E-state index is 0. The fourth-order valence-electron chi connectivity index (χ4n) is 4.81. The van der Waals surface area contributed by atoms with Crippen LogP contribution >= 0.6 is 0 Å². The molecule has 220 valence electrons. The number of fused-ring (bicyclic) bond motifs is 6. The molecule has 0 radical (unpaired) electrons. The van der Waals surface area contributed by atoms with Gasteiger partial charge in [0, 0.05) is 0 Å². The Bertz CT molecular complexity index is 1590. The third-order valence-corrected chi connectivity index (χ3v) is 6.79. The van der Waals surface area contributed by atoms with Crippen LogP contribution in [0.3, 0.4) is 0 Å². The summed E-state index contributed by atoms with van der Waals surface area (Å²) in [4.78, 5) is 0. The van der Waals surface area contributed by atoms with E-state index >= 15 is 0 Å². The molecule has 0 aromatic heterocycles. The molecule has 0 N–H and O–H groups in total. The Morgan fingerprint density at radius 1 is 0.477 bits per heavy atom. The Labute approximate surface area is 305 Å². The van der Waals surface area contributed by atoms with E-state index in [0.29, 0.717) is 0 Å². The first kappa shape index (κ1) is 39.7. The third kappa shape index (κ3) is 11.5. The van der Waals surface area contributed by atoms with Gasteiger partial charge in [-0.1, -0.05) is 72.8 Å². The van der Waals surface area contributed by atoms with Crippen molar-refractivity contribution < 1.29 is 73.3 Å². The molecule has 0 fully saturated rings. The monoisotopic (exact) mass is 766 g/mol. The molecule has 0 saturated carbocycles. The summed E-state index contributed by atoms with van der Waals surface area (Å²) >= 11 is 2.60. The molecule has 6 aromatic carbocycles. The van der Waals surface area contributed by atoms with Gasteiger partial charge in [0.15, 0.2) is 0 Å². The standard InChI is InChI=1S/2C13H9.2C6H7.2CH2.2ClH.2Zr/c2*1-3-7-12-10(5-1)9-11-6-2-4-8-13(11)12;2*1-6-4-2-3-5-6;;;;;;/h2*1-9H;2*4-5H,2H2,1H3;2*1H2;2*1H;;/q4*-1;;;;;2*+2/p-2. The van der Waals surface area contributed by atoms with Gasteiger partial charge in [-0.05, 0) is 0 Å². The van der Waals surface area contributed by atoms with Gasteiger partial charge in [-0.3, -0.25) is 12.2 Å². The number of halogens is 2. The molecule has 0 bridgehead atoms. The van der Waals surface area contributed by atoms with Crippen LogP contribution in [0.25, 0.3) is 43.1 Å². The van der Waals surface area contributed by atoms with Crippen molar-refractivity contribution in [3.8, 4) is 0 Å². The van der Waals surface area contributed by atoms with Crippen LogP contribution in [-0.4, -0.2) is 8.42 Å². The molecule has 44 heavy (non-hydrogen) atoms. The Hall–Kier alpha value is -2.33. The number of hydrogen-bond donors (Lipinski definition) is 0. The Morgan fingerprint density at radius 3 is 0.909 bits per heavy atom. The summed E-state index contributed by atoms with van der Waals surface area (Å²) in [5, 5.41) is 10.8. The molecule has 0 spiro atoms. The van der Waals surface area contributed by atoms with Gasteiger partial charge in [0.05, 0.1) is 0 Å². The maximum absolute atomic E-state index is 3.34. The van der Waals surface area contributed by atoms with Crippen molar-refractivity contribution in [2.75, 3.05) is 0 Å². The third-order valence-electron chi connectivity index (χ3n) is 6.79. The molecule has 0 atom stereocenters. The van der Waals surface area contributed by atoms with Crippen molar-refractivity contribution >= 4 is 51.5 Å². The number of rotatable bonds is 0. The molecule has 6 aromatic rings. The molecule has 0 unspecified atom stereocenters. The van der Waals surface area contributed by atoms with Gasteiger partial charge < -0.3 is 24.8 Å². The smallest absolute Gasteiger partial charge is 0.0771 e. The first-order chi connectivity index (χ1) is 20.7. The minimum Gasteiger partial charge on any atom is -1.00 e. The summed E-state index contributed by atoms with van der Waals surface area (Å²) in [6.07, 6.45) is 16.5. The number of hydrogen-bond acceptors (Lipinski definition) is 0. The molecule has 2 aliphatic carbocycles. The molecule has 2 aliphatic rings. The largest absolute Gasteiger partial charge is 1.00 e. The van der Waals surface area contributed by atoms with E-state index in [9.17, 15) is 0 Å². The maximum atomic E-state index is 3.34. The van der Waals surface area contributed by atoms with E-state index < -0.39 is 0 Å². The SMILES string of the molecule is CC1=CC[C-]=C1.CC1=CC[C-]=C1.[CH2]=[Zr+2].[CH2]=[Zr+2].[Cl-].[Cl-].c1ccc2c(c1)[cH-]c1ccccc12.c1ccc2c(c1)[cH-]c1ccccc12. The number of benzene rings is 4. The summed E-state index contributed by atoms with van der Waals surface area (Å²) in [6, 6.07) is 38.5. The van der Waals surface area contributed by atoms with E-state index in [0.717, 1.165) is 12.8 Å². The van der Waals surface area contributed by atoms with E-state index in [-0.39, 0.29) is 24.8 Å². The molecule has 0 amide bonds. The molecule has 0 aliphatic heterocycles. The second-order valence-electron chi connectivity index (χ2n) is 9.64. The van der Waals surface area contributed by atoms with Crippen LogP contribution in [0, 0.1) is 12.2 Å². The quantitative estimate of drug-likeness (QED) is 0.196. The van der Waals surface area contributed by atoms with Crippen LogP contribution in [0.15, 0.2) is 145 Å². The van der Waals surface area contributed by atoms with Crippen molar-refractivity contribution in [1.82, 2.24) is 0 Å². The zero-order valence-corrected chi connectivity index (χ0v) is 31.7. The zero-order valence-electron chi connectivity index (χ0n) is 25.3. The number of allylic oxidation sites excluding steroid dienone is 8. The van der Waals surface area contributed by atoms with Crippen LogP contribution in [0.5, 0.6) is 0 Å². The zero-order chi connectivity index (χ0) is 30.2. The average Bonchev–Trinajstić information content (AvgIpc) is 3.87. The van der Waals surface area contributed by atoms with Gasteiger partial charge in [-0.2, -0.15) is 12.2 Å². The van der Waals surface area contributed by atoms with E-state index in [2.05, 4.69) is 156 Å². The topological polar surface area (TPSA) is 0 Å². The van der Waals surface area contributed by atoms with E-state index in [4.69, 9.17) is 0 Å². The van der Waals surface area contributed by atoms with E-state index in [1.165, 1.54) is 103 Å². The normalized spacial score (nSPS) is 11.9. The summed E-state index contributed by atoms with van der Waals surface area (Å²) < 4.78 is 6.68. The molecule has 4 heteroatoms. The maximum Gasteiger partial charge on any atom is -0.0771 e. The fourth-order valence-corrected chi connectivity index (χ4v) is 4.81. The van der Waals surface area contributed by atoms with Gasteiger partial charge in [0.1, 0.15) is 0 Å². The summed E-state index contributed by atoms with van der Waals surface area (Å²) in [7, 11) is 0. The second-order valence-corrected chi connectivity index (χ2v) is 9.64. The molecule has 0 heterocycles. The van der Waals surface area contributed by atoms with Gasteiger partial charge in [0.2, 0.25) is 0 Å². The first-order valence-corrected chi connectivity index (χ1v) is 17.4. The summed E-state index contributed by atoms with van der Waals surface area (Å²) in [5.41, 5.74) is 2.69. The fraction of sp³-hybridized carbons (Fsp3) is 0.100. The predicted molar refractivity (Wildman–Crippen MR) is 181 cm³/mol. The second kappa shape index (κ2) is 22.2. The van der Waals surface area contributed by atoms with E-state index in [1.54, 1.807) is 0 Å². The van der Waals surface area contributed by atoms with Crippen molar-refractivity contribution in [2.24, 2.45) is 0 Å². The summed E-state index contributed by atoms with van der Waals surface area (Å²) in [6.45, 7) is 4.17. The van der Waals surface area contributed by atoms with Crippen LogP contribution in [0.2, 0.25) is 0 Å². The van der Waals surface area contributed by atoms with Gasteiger partial charge in [-0.25, -0.2) is 23.3 Å². The molecule has 0 saturated heterocycles. The Morgan fingerprint density at radius 2 is 0.727 bits per heavy atom. The molecule has 0 nitrogen and oxygen atoms in total. The first-order valence-electron chi connectivity index (χ1n) is 13.9. The Balaban J connectivity index is 0.000000293. The minimum absolute atomic E-state index is 0. The van der Waals surface area contributed by atoms with Crippen molar-refractivity contribution in [2.45, 2.75) is 26.7 Å². The van der Waals surface area contributed by atoms with Gasteiger partial charge in [0.25, 0.3) is 0 Å². The van der Waals surface area contributed by atoms with Crippen molar-refractivity contribution in [1.29, 1.82) is 0 Å². The van der Waals surface area contributed by atoms with Crippen LogP contribution in [0.4, 0.5) is 0 Å². The molecule has 8 rings (SSSR count). The molecular weight excluding hydrogens is 734 g/mol. The van der Waals surface area contributed by atoms with Crippen LogP contribution in [-0.2, 0) is 48.5 Å². The molecular formula is C40H36Cl2Zr2-2.